The van der Waals surface area contributed by atoms with Gasteiger partial charge in [0.2, 0.25) is 0 Å². The average molecular weight is 324 g/mol. The molecule has 0 aliphatic heterocycles. The number of rotatable bonds is 5. The molecule has 4 heteroatoms. The van der Waals surface area contributed by atoms with Crippen LogP contribution in [0.1, 0.15) is 21.7 Å². The van der Waals surface area contributed by atoms with Gasteiger partial charge in [-0.05, 0) is 36.1 Å². The number of hydrogen-bond donors (Lipinski definition) is 1. The van der Waals surface area contributed by atoms with Gasteiger partial charge in [-0.1, -0.05) is 28.1 Å². The van der Waals surface area contributed by atoms with Crippen LogP contribution >= 0.6 is 27.3 Å². The first-order valence-corrected chi connectivity index (χ1v) is 7.41. The largest absolute Gasteiger partial charge is 0.385 e. The van der Waals surface area contributed by atoms with E-state index in [0.29, 0.717) is 13.0 Å². The minimum atomic E-state index is 0.198. The van der Waals surface area contributed by atoms with E-state index in [1.807, 2.05) is 42.6 Å². The van der Waals surface area contributed by atoms with Crippen molar-refractivity contribution in [3.63, 3.8) is 0 Å². The molecular formula is C14H14BrNOS. The van der Waals surface area contributed by atoms with Crippen LogP contribution < -0.4 is 5.32 Å². The molecule has 0 aliphatic carbocycles. The Morgan fingerprint density at radius 3 is 2.89 bits per heavy atom. The van der Waals surface area contributed by atoms with Crippen LogP contribution in [0.2, 0.25) is 0 Å². The van der Waals surface area contributed by atoms with Gasteiger partial charge in [0.05, 0.1) is 4.88 Å². The third-order valence-corrected chi connectivity index (χ3v) is 4.41. The molecule has 0 fully saturated rings. The summed E-state index contributed by atoms with van der Waals surface area (Å²) < 4.78 is 1.08. The summed E-state index contributed by atoms with van der Waals surface area (Å²) in [5, 5.41) is 5.19. The monoisotopic (exact) mass is 323 g/mol. The molecule has 0 radical (unpaired) electrons. The van der Waals surface area contributed by atoms with E-state index in [1.165, 1.54) is 16.9 Å². The summed E-state index contributed by atoms with van der Waals surface area (Å²) in [6.07, 6.45) is 0.520. The highest BCUT2D eigenvalue weighted by atomic mass is 79.9. The van der Waals surface area contributed by atoms with Gasteiger partial charge in [-0.25, -0.2) is 0 Å². The predicted octanol–water partition coefficient (Wildman–Crippen LogP) is 4.50. The molecule has 1 aromatic heterocycles. The Labute approximate surface area is 119 Å². The number of carbonyl (C=O) groups is 1. The normalized spacial score (nSPS) is 10.3. The van der Waals surface area contributed by atoms with Crippen molar-refractivity contribution in [3.8, 4) is 0 Å². The number of halogens is 1. The van der Waals surface area contributed by atoms with Crippen LogP contribution in [0.25, 0.3) is 0 Å². The van der Waals surface area contributed by atoms with E-state index >= 15 is 0 Å². The minimum Gasteiger partial charge on any atom is -0.385 e. The fourth-order valence-corrected chi connectivity index (χ4v) is 2.66. The number of nitrogens with one attached hydrogen (secondary N) is 1. The highest BCUT2D eigenvalue weighted by Crippen LogP contribution is 2.20. The van der Waals surface area contributed by atoms with Crippen LogP contribution in [0.5, 0.6) is 0 Å². The van der Waals surface area contributed by atoms with Gasteiger partial charge in [0.15, 0.2) is 5.78 Å². The zero-order valence-electron chi connectivity index (χ0n) is 10.1. The number of Topliss-reactive ketones (excluding diaryl/α,β-unsaturated/α-hetero) is 1. The number of benzene rings is 1. The summed E-state index contributed by atoms with van der Waals surface area (Å²) in [4.78, 5) is 12.6. The molecule has 2 nitrogen and oxygen atoms in total. The predicted molar refractivity (Wildman–Crippen MR) is 80.6 cm³/mol. The lowest BCUT2D eigenvalue weighted by molar-refractivity contribution is 0.0990. The first kappa shape index (κ1) is 13.3. The average Bonchev–Trinajstić information content (AvgIpc) is 2.87. The first-order chi connectivity index (χ1) is 8.66. The maximum Gasteiger partial charge on any atom is 0.174 e. The van der Waals surface area contributed by atoms with Crippen molar-refractivity contribution in [1.82, 2.24) is 0 Å². The summed E-state index contributed by atoms with van der Waals surface area (Å²) in [5.41, 5.74) is 2.24. The topological polar surface area (TPSA) is 29.1 Å². The SMILES string of the molecule is Cc1ccc(NCCC(=O)c2cccs2)cc1Br. The number of aryl methyl sites for hydroxylation is 1. The van der Waals surface area contributed by atoms with Crippen LogP contribution in [0.15, 0.2) is 40.2 Å². The van der Waals surface area contributed by atoms with Crippen molar-refractivity contribution in [2.45, 2.75) is 13.3 Å². The Morgan fingerprint density at radius 2 is 2.22 bits per heavy atom. The quantitative estimate of drug-likeness (QED) is 0.820. The van der Waals surface area contributed by atoms with Gasteiger partial charge in [0.25, 0.3) is 0 Å². The second-order valence-electron chi connectivity index (χ2n) is 4.04. The summed E-state index contributed by atoms with van der Waals surface area (Å²) in [7, 11) is 0. The molecule has 18 heavy (non-hydrogen) atoms. The first-order valence-electron chi connectivity index (χ1n) is 5.73. The molecule has 1 aromatic carbocycles. The van der Waals surface area contributed by atoms with Crippen molar-refractivity contribution >= 4 is 38.7 Å². The van der Waals surface area contributed by atoms with Crippen molar-refractivity contribution in [2.75, 3.05) is 11.9 Å². The third kappa shape index (κ3) is 3.43. The van der Waals surface area contributed by atoms with Crippen LogP contribution in [0, 0.1) is 6.92 Å². The van der Waals surface area contributed by atoms with E-state index in [4.69, 9.17) is 0 Å². The molecule has 0 unspecified atom stereocenters. The van der Waals surface area contributed by atoms with Crippen LogP contribution in [-0.2, 0) is 0 Å². The van der Waals surface area contributed by atoms with Crippen LogP contribution in [0.3, 0.4) is 0 Å². The Hall–Kier alpha value is -1.13. The summed E-state index contributed by atoms with van der Waals surface area (Å²) in [6, 6.07) is 9.88. The van der Waals surface area contributed by atoms with Gasteiger partial charge in [0, 0.05) is 23.1 Å². The molecule has 1 N–H and O–H groups in total. The van der Waals surface area contributed by atoms with E-state index in [2.05, 4.69) is 21.2 Å². The smallest absolute Gasteiger partial charge is 0.174 e. The lowest BCUT2D eigenvalue weighted by atomic mass is 10.2. The molecular weight excluding hydrogens is 310 g/mol. The standard InChI is InChI=1S/C14H14BrNOS/c1-10-4-5-11(9-12(10)15)16-7-6-13(17)14-3-2-8-18-14/h2-5,8-9,16H,6-7H2,1H3. The molecule has 0 amide bonds. The van der Waals surface area contributed by atoms with Crippen LogP contribution in [0.4, 0.5) is 5.69 Å². The zero-order chi connectivity index (χ0) is 13.0. The Balaban J connectivity index is 1.85. The summed E-state index contributed by atoms with van der Waals surface area (Å²) in [5.74, 6) is 0.198. The summed E-state index contributed by atoms with van der Waals surface area (Å²) >= 11 is 4.99. The lowest BCUT2D eigenvalue weighted by Crippen LogP contribution is -2.07. The number of carbonyl (C=O) groups excluding carboxylic acids is 1. The highest BCUT2D eigenvalue weighted by Gasteiger charge is 2.06. The van der Waals surface area contributed by atoms with Crippen molar-refractivity contribution < 1.29 is 4.79 Å². The van der Waals surface area contributed by atoms with Gasteiger partial charge in [0.1, 0.15) is 0 Å². The van der Waals surface area contributed by atoms with Gasteiger partial charge >= 0.3 is 0 Å². The molecule has 0 saturated carbocycles. The maximum absolute atomic E-state index is 11.8. The molecule has 0 atom stereocenters. The summed E-state index contributed by atoms with van der Waals surface area (Å²) in [6.45, 7) is 2.71. The van der Waals surface area contributed by atoms with E-state index in [0.717, 1.165) is 15.0 Å². The molecule has 0 spiro atoms. The van der Waals surface area contributed by atoms with E-state index in [1.54, 1.807) is 0 Å². The Kier molecular flexibility index (Phi) is 4.55. The van der Waals surface area contributed by atoms with Crippen molar-refractivity contribution in [1.29, 1.82) is 0 Å². The van der Waals surface area contributed by atoms with E-state index in [9.17, 15) is 4.79 Å². The van der Waals surface area contributed by atoms with Crippen molar-refractivity contribution in [3.05, 3.63) is 50.6 Å². The van der Waals surface area contributed by atoms with E-state index in [-0.39, 0.29) is 5.78 Å². The number of anilines is 1. The van der Waals surface area contributed by atoms with E-state index < -0.39 is 0 Å². The lowest BCUT2D eigenvalue weighted by Gasteiger charge is -2.07. The van der Waals surface area contributed by atoms with Crippen molar-refractivity contribution in [2.24, 2.45) is 0 Å². The van der Waals surface area contributed by atoms with Gasteiger partial charge in [-0.15, -0.1) is 11.3 Å². The second-order valence-corrected chi connectivity index (χ2v) is 5.84. The number of hydrogen-bond acceptors (Lipinski definition) is 3. The highest BCUT2D eigenvalue weighted by molar-refractivity contribution is 9.10. The number of ketones is 1. The second kappa shape index (κ2) is 6.16. The van der Waals surface area contributed by atoms with Crippen LogP contribution in [-0.4, -0.2) is 12.3 Å². The molecule has 0 bridgehead atoms. The molecule has 2 rings (SSSR count). The zero-order valence-corrected chi connectivity index (χ0v) is 12.5. The van der Waals surface area contributed by atoms with Gasteiger partial charge in [-0.2, -0.15) is 0 Å². The molecule has 1 heterocycles. The Morgan fingerprint density at radius 1 is 1.39 bits per heavy atom. The number of thiophene rings is 1. The van der Waals surface area contributed by atoms with Gasteiger partial charge in [-0.3, -0.25) is 4.79 Å². The minimum absolute atomic E-state index is 0.198. The fraction of sp³-hybridized carbons (Fsp3) is 0.214. The maximum atomic E-state index is 11.8. The molecule has 0 aliphatic rings. The Bertz CT molecular complexity index is 537. The fourth-order valence-electron chi connectivity index (χ4n) is 1.58. The van der Waals surface area contributed by atoms with Gasteiger partial charge < -0.3 is 5.32 Å². The molecule has 2 aromatic rings. The molecule has 94 valence electrons. The third-order valence-electron chi connectivity index (χ3n) is 2.65. The molecule has 0 saturated heterocycles.